The van der Waals surface area contributed by atoms with E-state index in [4.69, 9.17) is 0 Å². The molecule has 0 radical (unpaired) electrons. The Hall–Kier alpha value is -3.62. The average Bonchev–Trinajstić information content (AvgIpc) is 2.86. The van der Waals surface area contributed by atoms with E-state index in [1.54, 1.807) is 12.1 Å². The van der Waals surface area contributed by atoms with Gasteiger partial charge in [0.05, 0.1) is 12.1 Å². The van der Waals surface area contributed by atoms with Crippen LogP contribution in [-0.2, 0) is 24.2 Å². The van der Waals surface area contributed by atoms with Gasteiger partial charge in [-0.25, -0.2) is 8.78 Å². The van der Waals surface area contributed by atoms with Gasteiger partial charge in [0.25, 0.3) is 0 Å². The molecule has 0 spiro atoms. The van der Waals surface area contributed by atoms with Crippen molar-refractivity contribution in [3.63, 3.8) is 0 Å². The molecule has 3 rings (SSSR count). The highest BCUT2D eigenvalue weighted by Crippen LogP contribution is 2.15. The van der Waals surface area contributed by atoms with Crippen molar-refractivity contribution in [3.8, 4) is 5.75 Å². The molecule has 8 heteroatoms. The molecule has 0 aromatic heterocycles. The van der Waals surface area contributed by atoms with Gasteiger partial charge in [-0.1, -0.05) is 43.3 Å². The molecular weight excluding hydrogens is 478 g/mol. The molecule has 0 bridgehead atoms. The van der Waals surface area contributed by atoms with E-state index in [1.807, 2.05) is 18.2 Å². The van der Waals surface area contributed by atoms with E-state index in [0.29, 0.717) is 6.54 Å². The minimum absolute atomic E-state index is 0.00487. The average molecular weight is 511 g/mol. The second kappa shape index (κ2) is 13.6. The summed E-state index contributed by atoms with van der Waals surface area (Å²) in [7, 11) is 0. The Labute approximate surface area is 215 Å². The molecule has 0 aliphatic rings. The SMILES string of the molecule is CCc1cccc(CNC[C@@H](O)[C@H](Cc2cc(F)cc(F)c2)NC(=O)CCC(=O)c2cccc(O)c2)c1. The van der Waals surface area contributed by atoms with Gasteiger partial charge >= 0.3 is 0 Å². The van der Waals surface area contributed by atoms with Gasteiger partial charge in [0.15, 0.2) is 5.78 Å². The van der Waals surface area contributed by atoms with Crippen LogP contribution in [0.15, 0.2) is 66.7 Å². The Bertz CT molecular complexity index is 1200. The molecule has 2 atom stereocenters. The quantitative estimate of drug-likeness (QED) is 0.260. The number of hydrogen-bond acceptors (Lipinski definition) is 5. The Balaban J connectivity index is 1.62. The highest BCUT2D eigenvalue weighted by Gasteiger charge is 2.23. The van der Waals surface area contributed by atoms with E-state index in [0.717, 1.165) is 30.2 Å². The monoisotopic (exact) mass is 510 g/mol. The number of carbonyl (C=O) groups excluding carboxylic acids is 2. The van der Waals surface area contributed by atoms with Gasteiger partial charge < -0.3 is 20.8 Å². The van der Waals surface area contributed by atoms with Crippen LogP contribution in [0.25, 0.3) is 0 Å². The normalized spacial score (nSPS) is 12.6. The largest absolute Gasteiger partial charge is 0.508 e. The van der Waals surface area contributed by atoms with Crippen molar-refractivity contribution < 1.29 is 28.6 Å². The number of Topliss-reactive ketones (excluding diaryl/α,β-unsaturated/α-hetero) is 1. The molecule has 0 saturated heterocycles. The van der Waals surface area contributed by atoms with E-state index >= 15 is 0 Å². The van der Waals surface area contributed by atoms with Gasteiger partial charge in [-0.15, -0.1) is 0 Å². The topological polar surface area (TPSA) is 98.7 Å². The fourth-order valence-corrected chi connectivity index (χ4v) is 4.06. The van der Waals surface area contributed by atoms with E-state index in [9.17, 15) is 28.6 Å². The Morgan fingerprint density at radius 2 is 1.59 bits per heavy atom. The van der Waals surface area contributed by atoms with Crippen LogP contribution in [0.4, 0.5) is 8.78 Å². The van der Waals surface area contributed by atoms with Crippen LogP contribution in [-0.4, -0.2) is 40.6 Å². The molecule has 0 saturated carbocycles. The number of phenols is 1. The molecule has 0 aliphatic carbocycles. The summed E-state index contributed by atoms with van der Waals surface area (Å²) in [5.41, 5.74) is 2.81. The molecule has 0 heterocycles. The van der Waals surface area contributed by atoms with Crippen molar-refractivity contribution in [3.05, 3.63) is 101 Å². The van der Waals surface area contributed by atoms with Crippen LogP contribution in [0.2, 0.25) is 0 Å². The first-order chi connectivity index (χ1) is 17.7. The summed E-state index contributed by atoms with van der Waals surface area (Å²) in [6, 6.07) is 16.1. The lowest BCUT2D eigenvalue weighted by Gasteiger charge is -2.25. The highest BCUT2D eigenvalue weighted by atomic mass is 19.1. The van der Waals surface area contributed by atoms with E-state index in [1.165, 1.54) is 17.7 Å². The number of aliphatic hydroxyl groups is 1. The minimum atomic E-state index is -1.06. The first-order valence-electron chi connectivity index (χ1n) is 12.3. The number of aryl methyl sites for hydroxylation is 1. The van der Waals surface area contributed by atoms with Crippen molar-refractivity contribution in [2.24, 2.45) is 0 Å². The van der Waals surface area contributed by atoms with Gasteiger partial charge in [0, 0.05) is 37.6 Å². The van der Waals surface area contributed by atoms with Gasteiger partial charge in [0.2, 0.25) is 5.91 Å². The molecule has 0 aliphatic heterocycles. The molecule has 0 unspecified atom stereocenters. The Kier molecular flexibility index (Phi) is 10.3. The maximum absolute atomic E-state index is 13.7. The predicted octanol–water partition coefficient (Wildman–Crippen LogP) is 4.07. The second-order valence-corrected chi connectivity index (χ2v) is 9.00. The zero-order valence-electron chi connectivity index (χ0n) is 20.7. The van der Waals surface area contributed by atoms with Gasteiger partial charge in [-0.05, 0) is 53.8 Å². The van der Waals surface area contributed by atoms with Crippen LogP contribution in [0, 0.1) is 11.6 Å². The number of phenolic OH excluding ortho intramolecular Hbond substituents is 1. The summed E-state index contributed by atoms with van der Waals surface area (Å²) in [6.45, 7) is 2.69. The van der Waals surface area contributed by atoms with Crippen molar-refractivity contribution >= 4 is 11.7 Å². The maximum Gasteiger partial charge on any atom is 0.220 e. The zero-order chi connectivity index (χ0) is 26.8. The zero-order valence-corrected chi connectivity index (χ0v) is 20.7. The highest BCUT2D eigenvalue weighted by molar-refractivity contribution is 5.98. The third-order valence-corrected chi connectivity index (χ3v) is 6.02. The number of aliphatic hydroxyl groups excluding tert-OH is 1. The lowest BCUT2D eigenvalue weighted by Crippen LogP contribution is -2.48. The first kappa shape index (κ1) is 28.0. The molecule has 6 nitrogen and oxygen atoms in total. The van der Waals surface area contributed by atoms with Crippen LogP contribution < -0.4 is 10.6 Å². The molecule has 196 valence electrons. The van der Waals surface area contributed by atoms with Crippen LogP contribution >= 0.6 is 0 Å². The summed E-state index contributed by atoms with van der Waals surface area (Å²) in [4.78, 5) is 25.0. The van der Waals surface area contributed by atoms with E-state index < -0.39 is 29.7 Å². The number of ketones is 1. The van der Waals surface area contributed by atoms with Crippen molar-refractivity contribution in [2.45, 2.75) is 51.3 Å². The van der Waals surface area contributed by atoms with Crippen LogP contribution in [0.3, 0.4) is 0 Å². The van der Waals surface area contributed by atoms with E-state index in [-0.39, 0.29) is 48.5 Å². The van der Waals surface area contributed by atoms with Crippen LogP contribution in [0.5, 0.6) is 5.75 Å². The van der Waals surface area contributed by atoms with E-state index in [2.05, 4.69) is 23.6 Å². The summed E-state index contributed by atoms with van der Waals surface area (Å²) in [6.07, 6.45) is -0.408. The number of hydrogen-bond donors (Lipinski definition) is 4. The molecule has 37 heavy (non-hydrogen) atoms. The van der Waals surface area contributed by atoms with Crippen molar-refractivity contribution in [1.29, 1.82) is 0 Å². The minimum Gasteiger partial charge on any atom is -0.508 e. The van der Waals surface area contributed by atoms with Gasteiger partial charge in [-0.3, -0.25) is 9.59 Å². The summed E-state index contributed by atoms with van der Waals surface area (Å²) in [5.74, 6) is -2.34. The number of nitrogens with one attached hydrogen (secondary N) is 2. The van der Waals surface area contributed by atoms with Crippen molar-refractivity contribution in [2.75, 3.05) is 6.54 Å². The Morgan fingerprint density at radius 3 is 2.30 bits per heavy atom. The van der Waals surface area contributed by atoms with Crippen molar-refractivity contribution in [1.82, 2.24) is 10.6 Å². The molecule has 4 N–H and O–H groups in total. The van der Waals surface area contributed by atoms with Crippen LogP contribution in [0.1, 0.15) is 46.8 Å². The predicted molar refractivity (Wildman–Crippen MR) is 137 cm³/mol. The molecule has 0 fully saturated rings. The third kappa shape index (κ3) is 9.08. The summed E-state index contributed by atoms with van der Waals surface area (Å²) < 4.78 is 27.5. The fourth-order valence-electron chi connectivity index (χ4n) is 4.06. The second-order valence-electron chi connectivity index (χ2n) is 9.00. The lowest BCUT2D eigenvalue weighted by molar-refractivity contribution is -0.122. The lowest BCUT2D eigenvalue weighted by atomic mass is 9.99. The number of rotatable bonds is 13. The van der Waals surface area contributed by atoms with Gasteiger partial charge in [0.1, 0.15) is 17.4 Å². The standard InChI is InChI=1S/C29H32F2N2O4/c1-2-19-5-3-6-20(11-19)17-32-18-28(36)26(14-21-12-23(30)16-24(31)13-21)33-29(37)10-9-27(35)22-7-4-8-25(34)15-22/h3-8,11-13,15-16,26,28,32,34,36H,2,9-10,14,17-18H2,1H3,(H,33,37)/t26-,28+/m0/s1. The number of aromatic hydroxyl groups is 1. The molecule has 3 aromatic carbocycles. The molecule has 3 aromatic rings. The number of benzene rings is 3. The number of carbonyl (C=O) groups is 2. The third-order valence-electron chi connectivity index (χ3n) is 6.02. The number of amides is 1. The Morgan fingerprint density at radius 1 is 0.892 bits per heavy atom. The fraction of sp³-hybridized carbons (Fsp3) is 0.310. The first-order valence-corrected chi connectivity index (χ1v) is 12.3. The summed E-state index contributed by atoms with van der Waals surface area (Å²) in [5, 5.41) is 26.3. The summed E-state index contributed by atoms with van der Waals surface area (Å²) >= 11 is 0. The van der Waals surface area contributed by atoms with Gasteiger partial charge in [-0.2, -0.15) is 0 Å². The maximum atomic E-state index is 13.7. The molecular formula is C29H32F2N2O4. The molecule has 1 amide bonds. The smallest absolute Gasteiger partial charge is 0.220 e. The number of halogens is 2.